The number of aliphatic hydroxyl groups is 1. The highest BCUT2D eigenvalue weighted by molar-refractivity contribution is 7.86. The van der Waals surface area contributed by atoms with Crippen LogP contribution in [0.25, 0.3) is 0 Å². The molecule has 0 radical (unpaired) electrons. The minimum Gasteiger partial charge on any atom is -0.406 e. The Hall–Kier alpha value is -1.08. The van der Waals surface area contributed by atoms with E-state index in [2.05, 4.69) is 4.74 Å². The summed E-state index contributed by atoms with van der Waals surface area (Å²) in [6.45, 7) is 0. The van der Waals surface area contributed by atoms with E-state index < -0.39 is 22.8 Å². The average Bonchev–Trinajstić information content (AvgIpc) is 2.39. The van der Waals surface area contributed by atoms with E-state index in [1.54, 1.807) is 6.07 Å². The van der Waals surface area contributed by atoms with Gasteiger partial charge in [-0.05, 0) is 43.4 Å². The van der Waals surface area contributed by atoms with Crippen molar-refractivity contribution in [2.24, 2.45) is 0 Å². The molecule has 2 bridgehead atoms. The summed E-state index contributed by atoms with van der Waals surface area (Å²) in [7, 11) is -0.892. The summed E-state index contributed by atoms with van der Waals surface area (Å²) < 4.78 is 53.0. The van der Waals surface area contributed by atoms with E-state index in [9.17, 15) is 22.5 Å². The highest BCUT2D eigenvalue weighted by Crippen LogP contribution is 2.41. The van der Waals surface area contributed by atoms with E-state index in [4.69, 9.17) is 0 Å². The second-order valence-electron chi connectivity index (χ2n) is 6.51. The average molecular weight is 348 g/mol. The zero-order valence-electron chi connectivity index (χ0n) is 12.5. The van der Waals surface area contributed by atoms with Gasteiger partial charge >= 0.3 is 6.36 Å². The zero-order chi connectivity index (χ0) is 16.7. The summed E-state index contributed by atoms with van der Waals surface area (Å²) in [6.07, 6.45) is -0.848. The van der Waals surface area contributed by atoms with Gasteiger partial charge in [-0.2, -0.15) is 0 Å². The molecule has 1 aromatic carbocycles. The van der Waals surface area contributed by atoms with Crippen LogP contribution < -0.4 is 4.74 Å². The van der Waals surface area contributed by atoms with Crippen molar-refractivity contribution in [2.45, 2.75) is 61.0 Å². The first-order valence-electron chi connectivity index (χ1n) is 7.71. The summed E-state index contributed by atoms with van der Waals surface area (Å²) in [6, 6.07) is 5.72. The smallest absolute Gasteiger partial charge is 0.406 e. The fraction of sp³-hybridized carbons (Fsp3) is 0.625. The number of rotatable bonds is 3. The predicted molar refractivity (Wildman–Crippen MR) is 80.6 cm³/mol. The van der Waals surface area contributed by atoms with Crippen LogP contribution in [0.4, 0.5) is 13.2 Å². The topological polar surface area (TPSA) is 46.5 Å². The maximum atomic E-state index is 12.3. The molecule has 2 unspecified atom stereocenters. The molecule has 2 heterocycles. The first-order valence-corrected chi connectivity index (χ1v) is 8.98. The van der Waals surface area contributed by atoms with Gasteiger partial charge in [0.1, 0.15) is 5.75 Å². The van der Waals surface area contributed by atoms with Crippen molar-refractivity contribution in [3.63, 3.8) is 0 Å². The van der Waals surface area contributed by atoms with E-state index >= 15 is 0 Å². The molecular weight excluding hydrogens is 329 g/mol. The van der Waals surface area contributed by atoms with Gasteiger partial charge in [-0.3, -0.25) is 4.21 Å². The largest absolute Gasteiger partial charge is 0.573 e. The molecule has 7 heteroatoms. The van der Waals surface area contributed by atoms with Crippen LogP contribution in [0.15, 0.2) is 24.3 Å². The molecule has 23 heavy (non-hydrogen) atoms. The Labute approximate surface area is 135 Å². The van der Waals surface area contributed by atoms with Crippen molar-refractivity contribution < 1.29 is 27.2 Å². The molecular formula is C16H19F3O3S. The van der Waals surface area contributed by atoms with Gasteiger partial charge in [0.2, 0.25) is 0 Å². The number of hydrogen-bond donors (Lipinski definition) is 1. The standard InChI is InChI=1S/C16H19F3O3S/c17-16(18,19)22-12-4-1-3-11(7-12)8-15(20)9-13-5-2-6-14(10-15)23(13)21/h1,3-4,7,13-14,20H,2,5-6,8-10H2. The lowest BCUT2D eigenvalue weighted by Gasteiger charge is -2.43. The molecule has 128 valence electrons. The lowest BCUT2D eigenvalue weighted by atomic mass is 9.81. The van der Waals surface area contributed by atoms with E-state index in [0.29, 0.717) is 18.4 Å². The monoisotopic (exact) mass is 348 g/mol. The van der Waals surface area contributed by atoms with Crippen molar-refractivity contribution in [1.82, 2.24) is 0 Å². The van der Waals surface area contributed by atoms with Crippen molar-refractivity contribution >= 4 is 10.8 Å². The second kappa shape index (κ2) is 6.09. The van der Waals surface area contributed by atoms with Crippen LogP contribution in [-0.2, 0) is 17.2 Å². The molecule has 1 N–H and O–H groups in total. The Balaban J connectivity index is 1.74. The molecule has 0 saturated carbocycles. The summed E-state index contributed by atoms with van der Waals surface area (Å²) in [5.74, 6) is -0.279. The van der Waals surface area contributed by atoms with Crippen LogP contribution in [-0.4, -0.2) is 31.8 Å². The zero-order valence-corrected chi connectivity index (χ0v) is 13.3. The fourth-order valence-corrected chi connectivity index (χ4v) is 6.05. The van der Waals surface area contributed by atoms with Crippen LogP contribution in [0.5, 0.6) is 5.75 Å². The number of hydrogen-bond acceptors (Lipinski definition) is 3. The van der Waals surface area contributed by atoms with E-state index in [1.165, 1.54) is 18.2 Å². The van der Waals surface area contributed by atoms with Gasteiger partial charge in [0, 0.05) is 27.7 Å². The SMILES string of the molecule is O=S1C2CCCC1CC(O)(Cc1cccc(OC(F)(F)F)c1)C2. The Morgan fingerprint density at radius 1 is 1.26 bits per heavy atom. The molecule has 2 aliphatic rings. The molecule has 0 aromatic heterocycles. The first-order chi connectivity index (χ1) is 10.7. The molecule has 2 fully saturated rings. The Morgan fingerprint density at radius 2 is 1.91 bits per heavy atom. The van der Waals surface area contributed by atoms with E-state index in [1.807, 2.05) is 0 Å². The molecule has 0 spiro atoms. The maximum Gasteiger partial charge on any atom is 0.573 e. The van der Waals surface area contributed by atoms with Crippen LogP contribution in [0.3, 0.4) is 0 Å². The number of alkyl halides is 3. The fourth-order valence-electron chi connectivity index (χ4n) is 3.75. The summed E-state index contributed by atoms with van der Waals surface area (Å²) in [4.78, 5) is 0. The molecule has 0 amide bonds. The Kier molecular flexibility index (Phi) is 4.44. The maximum absolute atomic E-state index is 12.3. The van der Waals surface area contributed by atoms with Gasteiger partial charge in [0.05, 0.1) is 5.60 Å². The van der Waals surface area contributed by atoms with Crippen LogP contribution in [0, 0.1) is 0 Å². The van der Waals surface area contributed by atoms with Crippen LogP contribution in [0.1, 0.15) is 37.7 Å². The Bertz CT molecular complexity index is 586. The van der Waals surface area contributed by atoms with E-state index in [0.717, 1.165) is 19.3 Å². The number of fused-ring (bicyclic) bond motifs is 2. The molecule has 2 saturated heterocycles. The molecule has 3 rings (SSSR count). The number of ether oxygens (including phenoxy) is 1. The third-order valence-electron chi connectivity index (χ3n) is 4.59. The molecule has 2 atom stereocenters. The van der Waals surface area contributed by atoms with Crippen LogP contribution >= 0.6 is 0 Å². The lowest BCUT2D eigenvalue weighted by Crippen LogP contribution is -2.50. The Morgan fingerprint density at radius 3 is 2.52 bits per heavy atom. The first kappa shape index (κ1) is 16.8. The van der Waals surface area contributed by atoms with Gasteiger partial charge in [-0.25, -0.2) is 0 Å². The van der Waals surface area contributed by atoms with Gasteiger partial charge < -0.3 is 9.84 Å². The van der Waals surface area contributed by atoms with Crippen LogP contribution in [0.2, 0.25) is 0 Å². The molecule has 0 aliphatic carbocycles. The molecule has 1 aromatic rings. The van der Waals surface area contributed by atoms with Gasteiger partial charge in [0.25, 0.3) is 0 Å². The highest BCUT2D eigenvalue weighted by atomic mass is 32.2. The third-order valence-corrected chi connectivity index (χ3v) is 6.71. The van der Waals surface area contributed by atoms with Crippen molar-refractivity contribution in [3.05, 3.63) is 29.8 Å². The number of benzene rings is 1. The van der Waals surface area contributed by atoms with Crippen molar-refractivity contribution in [2.75, 3.05) is 0 Å². The normalized spacial score (nSPS) is 34.2. The molecule has 2 aliphatic heterocycles. The minimum atomic E-state index is -4.73. The van der Waals surface area contributed by atoms with Gasteiger partial charge in [0.15, 0.2) is 0 Å². The van der Waals surface area contributed by atoms with Crippen molar-refractivity contribution in [3.8, 4) is 5.75 Å². The lowest BCUT2D eigenvalue weighted by molar-refractivity contribution is -0.274. The van der Waals surface area contributed by atoms with Gasteiger partial charge in [-0.15, -0.1) is 13.2 Å². The highest BCUT2D eigenvalue weighted by Gasteiger charge is 2.45. The third kappa shape index (κ3) is 4.07. The summed E-state index contributed by atoms with van der Waals surface area (Å²) in [5, 5.41) is 10.9. The quantitative estimate of drug-likeness (QED) is 0.911. The predicted octanol–water partition coefficient (Wildman–Crippen LogP) is 3.32. The summed E-state index contributed by atoms with van der Waals surface area (Å²) in [5.41, 5.74) is -0.402. The second-order valence-corrected chi connectivity index (χ2v) is 8.50. The number of halogens is 3. The minimum absolute atomic E-state index is 0.00195. The van der Waals surface area contributed by atoms with E-state index in [-0.39, 0.29) is 22.7 Å². The summed E-state index contributed by atoms with van der Waals surface area (Å²) >= 11 is 0. The molecule has 3 nitrogen and oxygen atoms in total. The van der Waals surface area contributed by atoms with Gasteiger partial charge in [-0.1, -0.05) is 18.6 Å². The van der Waals surface area contributed by atoms with Crippen molar-refractivity contribution in [1.29, 1.82) is 0 Å².